The molecule has 0 radical (unpaired) electrons. The van der Waals surface area contributed by atoms with Gasteiger partial charge in [-0.3, -0.25) is 0 Å². The molecule has 0 aliphatic carbocycles. The molecule has 1 fully saturated rings. The van der Waals surface area contributed by atoms with E-state index >= 15 is 0 Å². The Labute approximate surface area is 96.8 Å². The lowest BCUT2D eigenvalue weighted by atomic mass is 9.78. The normalized spacial score (nSPS) is 17.9. The van der Waals surface area contributed by atoms with Crippen molar-refractivity contribution in [3.63, 3.8) is 0 Å². The molecule has 1 aromatic carbocycles. The van der Waals surface area contributed by atoms with Crippen LogP contribution in [0.25, 0.3) is 0 Å². The lowest BCUT2D eigenvalue weighted by Crippen LogP contribution is -2.53. The van der Waals surface area contributed by atoms with E-state index in [1.54, 1.807) is 7.11 Å². The zero-order valence-electron chi connectivity index (χ0n) is 9.95. The van der Waals surface area contributed by atoms with Gasteiger partial charge in [0.2, 0.25) is 0 Å². The molecule has 3 nitrogen and oxygen atoms in total. The van der Waals surface area contributed by atoms with E-state index in [0.717, 1.165) is 32.1 Å². The third kappa shape index (κ3) is 2.06. The van der Waals surface area contributed by atoms with Gasteiger partial charge in [-0.05, 0) is 24.2 Å². The van der Waals surface area contributed by atoms with Gasteiger partial charge in [0.25, 0.3) is 0 Å². The van der Waals surface area contributed by atoms with Gasteiger partial charge in [0.15, 0.2) is 0 Å². The highest BCUT2D eigenvalue weighted by atomic mass is 16.5. The first-order chi connectivity index (χ1) is 7.80. The van der Waals surface area contributed by atoms with Gasteiger partial charge < -0.3 is 14.8 Å². The molecule has 0 amide bonds. The SMILES string of the molecule is CCNCC1(c2cccc(OC)c2)COC1. The van der Waals surface area contributed by atoms with Gasteiger partial charge >= 0.3 is 0 Å². The monoisotopic (exact) mass is 221 g/mol. The fourth-order valence-electron chi connectivity index (χ4n) is 2.04. The van der Waals surface area contributed by atoms with Crippen LogP contribution in [0.1, 0.15) is 12.5 Å². The maximum absolute atomic E-state index is 5.38. The molecule has 88 valence electrons. The van der Waals surface area contributed by atoms with Crippen molar-refractivity contribution in [3.8, 4) is 5.75 Å². The van der Waals surface area contributed by atoms with Gasteiger partial charge in [0.05, 0.1) is 25.7 Å². The minimum Gasteiger partial charge on any atom is -0.497 e. The quantitative estimate of drug-likeness (QED) is 0.818. The molecule has 2 rings (SSSR count). The van der Waals surface area contributed by atoms with Crippen molar-refractivity contribution in [2.24, 2.45) is 0 Å². The van der Waals surface area contributed by atoms with Crippen LogP contribution in [0.3, 0.4) is 0 Å². The van der Waals surface area contributed by atoms with E-state index in [1.807, 2.05) is 12.1 Å². The van der Waals surface area contributed by atoms with E-state index in [9.17, 15) is 0 Å². The molecule has 0 spiro atoms. The third-order valence-corrected chi connectivity index (χ3v) is 3.15. The highest BCUT2D eigenvalue weighted by Gasteiger charge is 2.39. The van der Waals surface area contributed by atoms with Gasteiger partial charge in [-0.25, -0.2) is 0 Å². The highest BCUT2D eigenvalue weighted by molar-refractivity contribution is 5.35. The molecule has 1 heterocycles. The maximum Gasteiger partial charge on any atom is 0.119 e. The Hall–Kier alpha value is -1.06. The molecule has 1 aromatic rings. The summed E-state index contributed by atoms with van der Waals surface area (Å²) in [4.78, 5) is 0. The Morgan fingerprint density at radius 1 is 1.44 bits per heavy atom. The molecule has 3 heteroatoms. The fraction of sp³-hybridized carbons (Fsp3) is 0.538. The summed E-state index contributed by atoms with van der Waals surface area (Å²) in [6.07, 6.45) is 0. The van der Waals surface area contributed by atoms with Gasteiger partial charge in [0.1, 0.15) is 5.75 Å². The number of methoxy groups -OCH3 is 1. The first-order valence-corrected chi connectivity index (χ1v) is 5.74. The second-order valence-corrected chi connectivity index (χ2v) is 4.29. The lowest BCUT2D eigenvalue weighted by Gasteiger charge is -2.42. The van der Waals surface area contributed by atoms with Crippen molar-refractivity contribution in [2.75, 3.05) is 33.4 Å². The largest absolute Gasteiger partial charge is 0.497 e. The van der Waals surface area contributed by atoms with E-state index in [4.69, 9.17) is 9.47 Å². The Kier molecular flexibility index (Phi) is 3.46. The number of hydrogen-bond acceptors (Lipinski definition) is 3. The van der Waals surface area contributed by atoms with E-state index < -0.39 is 0 Å². The topological polar surface area (TPSA) is 30.5 Å². The van der Waals surface area contributed by atoms with E-state index in [1.165, 1.54) is 5.56 Å². The molecule has 0 atom stereocenters. The standard InChI is InChI=1S/C13H19NO2/c1-3-14-8-13(9-16-10-13)11-5-4-6-12(7-11)15-2/h4-7,14H,3,8-10H2,1-2H3. The number of nitrogens with one attached hydrogen (secondary N) is 1. The summed E-state index contributed by atoms with van der Waals surface area (Å²) < 4.78 is 10.6. The van der Waals surface area contributed by atoms with Crippen molar-refractivity contribution in [1.29, 1.82) is 0 Å². The average Bonchev–Trinajstić information content (AvgIpc) is 2.28. The average molecular weight is 221 g/mol. The van der Waals surface area contributed by atoms with Crippen LogP contribution in [0.15, 0.2) is 24.3 Å². The Balaban J connectivity index is 2.18. The fourth-order valence-corrected chi connectivity index (χ4v) is 2.04. The zero-order chi connectivity index (χ0) is 11.4. The van der Waals surface area contributed by atoms with E-state index in [-0.39, 0.29) is 5.41 Å². The van der Waals surface area contributed by atoms with Crippen LogP contribution in [-0.2, 0) is 10.2 Å². The molecule has 0 saturated carbocycles. The van der Waals surface area contributed by atoms with Crippen molar-refractivity contribution in [2.45, 2.75) is 12.3 Å². The molecular weight excluding hydrogens is 202 g/mol. The highest BCUT2D eigenvalue weighted by Crippen LogP contribution is 2.33. The first-order valence-electron chi connectivity index (χ1n) is 5.74. The molecular formula is C13H19NO2. The summed E-state index contributed by atoms with van der Waals surface area (Å²) in [7, 11) is 1.70. The molecule has 0 aromatic heterocycles. The van der Waals surface area contributed by atoms with Crippen molar-refractivity contribution in [3.05, 3.63) is 29.8 Å². The molecule has 1 N–H and O–H groups in total. The molecule has 0 unspecified atom stereocenters. The second kappa shape index (κ2) is 4.85. The lowest BCUT2D eigenvalue weighted by molar-refractivity contribution is -0.0588. The Morgan fingerprint density at radius 3 is 2.81 bits per heavy atom. The number of ether oxygens (including phenoxy) is 2. The minimum absolute atomic E-state index is 0.143. The summed E-state index contributed by atoms with van der Waals surface area (Å²) in [5.74, 6) is 0.917. The van der Waals surface area contributed by atoms with Crippen LogP contribution < -0.4 is 10.1 Å². The summed E-state index contributed by atoms with van der Waals surface area (Å²) in [6.45, 7) is 5.68. The van der Waals surface area contributed by atoms with Crippen molar-refractivity contribution < 1.29 is 9.47 Å². The zero-order valence-corrected chi connectivity index (χ0v) is 9.95. The van der Waals surface area contributed by atoms with Crippen molar-refractivity contribution >= 4 is 0 Å². The number of benzene rings is 1. The summed E-state index contributed by atoms with van der Waals surface area (Å²) >= 11 is 0. The number of likely N-dealkylation sites (N-methyl/N-ethyl adjacent to an activating group) is 1. The first kappa shape index (κ1) is 11.4. The predicted molar refractivity (Wildman–Crippen MR) is 64.0 cm³/mol. The summed E-state index contributed by atoms with van der Waals surface area (Å²) in [6, 6.07) is 8.28. The Bertz CT molecular complexity index is 348. The number of rotatable bonds is 5. The number of hydrogen-bond donors (Lipinski definition) is 1. The van der Waals surface area contributed by atoms with Gasteiger partial charge in [-0.15, -0.1) is 0 Å². The summed E-state index contributed by atoms with van der Waals surface area (Å²) in [5, 5.41) is 3.41. The van der Waals surface area contributed by atoms with Crippen molar-refractivity contribution in [1.82, 2.24) is 5.32 Å². The minimum atomic E-state index is 0.143. The van der Waals surface area contributed by atoms with Crippen LogP contribution in [0.5, 0.6) is 5.75 Å². The molecule has 0 bridgehead atoms. The van der Waals surface area contributed by atoms with E-state index in [2.05, 4.69) is 24.4 Å². The Morgan fingerprint density at radius 2 is 2.25 bits per heavy atom. The van der Waals surface area contributed by atoms with Crippen LogP contribution in [0.4, 0.5) is 0 Å². The molecule has 1 aliphatic heterocycles. The van der Waals surface area contributed by atoms with Gasteiger partial charge in [-0.1, -0.05) is 19.1 Å². The third-order valence-electron chi connectivity index (χ3n) is 3.15. The van der Waals surface area contributed by atoms with Crippen LogP contribution in [0.2, 0.25) is 0 Å². The van der Waals surface area contributed by atoms with E-state index in [0.29, 0.717) is 0 Å². The second-order valence-electron chi connectivity index (χ2n) is 4.29. The van der Waals surface area contributed by atoms with Crippen LogP contribution in [0, 0.1) is 0 Å². The maximum atomic E-state index is 5.38. The summed E-state index contributed by atoms with van der Waals surface area (Å²) in [5.41, 5.74) is 1.45. The van der Waals surface area contributed by atoms with Gasteiger partial charge in [-0.2, -0.15) is 0 Å². The van der Waals surface area contributed by atoms with Gasteiger partial charge in [0, 0.05) is 6.54 Å². The predicted octanol–water partition coefficient (Wildman–Crippen LogP) is 1.57. The van der Waals surface area contributed by atoms with Crippen LogP contribution >= 0.6 is 0 Å². The van der Waals surface area contributed by atoms with Crippen LogP contribution in [-0.4, -0.2) is 33.4 Å². The molecule has 1 saturated heterocycles. The molecule has 1 aliphatic rings. The smallest absolute Gasteiger partial charge is 0.119 e. The molecule has 16 heavy (non-hydrogen) atoms.